The summed E-state index contributed by atoms with van der Waals surface area (Å²) in [6.07, 6.45) is 6.49. The van der Waals surface area contributed by atoms with Crippen LogP contribution in [0, 0.1) is 5.82 Å². The number of rotatable bonds is 6. The first-order valence-corrected chi connectivity index (χ1v) is 11.6. The smallest absolute Gasteiger partial charge is 0.123 e. The monoisotopic (exact) mass is 435 g/mol. The molecule has 2 N–H and O–H groups in total. The van der Waals surface area contributed by atoms with Gasteiger partial charge in [-0.2, -0.15) is 5.10 Å². The Morgan fingerprint density at radius 1 is 1.00 bits per heavy atom. The molecule has 0 radical (unpaired) electrons. The van der Waals surface area contributed by atoms with Crippen molar-refractivity contribution in [2.75, 3.05) is 0 Å². The van der Waals surface area contributed by atoms with Crippen LogP contribution in [0.25, 0.3) is 5.69 Å². The minimum Gasteiger partial charge on any atom is -0.508 e. The van der Waals surface area contributed by atoms with E-state index in [4.69, 9.17) is 5.10 Å². The van der Waals surface area contributed by atoms with Crippen LogP contribution in [-0.4, -0.2) is 37.0 Å². The Hall–Kier alpha value is -2.70. The first-order valence-electron chi connectivity index (χ1n) is 11.6. The molecule has 1 aromatic heterocycles. The van der Waals surface area contributed by atoms with Crippen molar-refractivity contribution >= 4 is 0 Å². The molecule has 3 aromatic rings. The van der Waals surface area contributed by atoms with Crippen molar-refractivity contribution in [2.45, 2.75) is 70.2 Å². The zero-order chi connectivity index (χ0) is 22.1. The van der Waals surface area contributed by atoms with Gasteiger partial charge in [0.05, 0.1) is 17.5 Å². The number of hydrogen-bond donors (Lipinski definition) is 2. The van der Waals surface area contributed by atoms with Gasteiger partial charge in [0.2, 0.25) is 0 Å². The van der Waals surface area contributed by atoms with Crippen molar-refractivity contribution in [3.63, 3.8) is 0 Å². The van der Waals surface area contributed by atoms with Crippen molar-refractivity contribution in [2.24, 2.45) is 0 Å². The van der Waals surface area contributed by atoms with E-state index >= 15 is 0 Å². The third-order valence-electron chi connectivity index (χ3n) is 6.92. The van der Waals surface area contributed by atoms with Gasteiger partial charge in [-0.15, -0.1) is 0 Å². The van der Waals surface area contributed by atoms with E-state index in [1.807, 2.05) is 22.9 Å². The molecule has 0 unspecified atom stereocenters. The molecule has 6 heteroatoms. The molecule has 168 valence electrons. The maximum atomic E-state index is 13.5. The predicted octanol–water partition coefficient (Wildman–Crippen LogP) is 4.51. The average Bonchev–Trinajstić information content (AvgIpc) is 3.39. The molecule has 0 atom stereocenters. The lowest BCUT2D eigenvalue weighted by Gasteiger charge is -2.35. The highest BCUT2D eigenvalue weighted by Crippen LogP contribution is 2.31. The summed E-state index contributed by atoms with van der Waals surface area (Å²) in [6.45, 7) is 1.46. The van der Waals surface area contributed by atoms with E-state index in [0.717, 1.165) is 75.0 Å². The third kappa shape index (κ3) is 4.43. The van der Waals surface area contributed by atoms with E-state index in [1.54, 1.807) is 18.2 Å². The number of phenolic OH excluding ortho intramolecular Hbond substituents is 1. The van der Waals surface area contributed by atoms with Gasteiger partial charge < -0.3 is 10.2 Å². The van der Waals surface area contributed by atoms with Crippen molar-refractivity contribution < 1.29 is 14.6 Å². The van der Waals surface area contributed by atoms with E-state index < -0.39 is 0 Å². The molecule has 2 aromatic carbocycles. The summed E-state index contributed by atoms with van der Waals surface area (Å²) >= 11 is 0. The van der Waals surface area contributed by atoms with Gasteiger partial charge in [0.25, 0.3) is 0 Å². The van der Waals surface area contributed by atoms with E-state index in [2.05, 4.69) is 4.90 Å². The highest BCUT2D eigenvalue weighted by atomic mass is 19.1. The highest BCUT2D eigenvalue weighted by Gasteiger charge is 2.29. The Kier molecular flexibility index (Phi) is 5.98. The second kappa shape index (κ2) is 9.04. The van der Waals surface area contributed by atoms with Gasteiger partial charge in [0, 0.05) is 24.8 Å². The number of aromatic nitrogens is 2. The van der Waals surface area contributed by atoms with Crippen molar-refractivity contribution in [1.29, 1.82) is 0 Å². The SMILES string of the molecule is Oc1cccc(CN(Cc2nn(-c3ccc(F)cc3)c3c2CCC3)C2CCC(O)CC2)c1. The summed E-state index contributed by atoms with van der Waals surface area (Å²) in [7, 11) is 0. The van der Waals surface area contributed by atoms with Crippen LogP contribution in [0.4, 0.5) is 4.39 Å². The molecule has 2 aliphatic rings. The van der Waals surface area contributed by atoms with E-state index in [0.29, 0.717) is 6.04 Å². The molecule has 2 aliphatic carbocycles. The van der Waals surface area contributed by atoms with Crippen LogP contribution in [-0.2, 0) is 25.9 Å². The summed E-state index contributed by atoms with van der Waals surface area (Å²) < 4.78 is 15.4. The zero-order valence-electron chi connectivity index (χ0n) is 18.3. The second-order valence-corrected chi connectivity index (χ2v) is 9.15. The van der Waals surface area contributed by atoms with Crippen LogP contribution < -0.4 is 0 Å². The molecule has 0 bridgehead atoms. The van der Waals surface area contributed by atoms with Crippen LogP contribution in [0.2, 0.25) is 0 Å². The molecule has 1 saturated carbocycles. The summed E-state index contributed by atoms with van der Waals surface area (Å²) in [6, 6.07) is 14.4. The van der Waals surface area contributed by atoms with Crippen molar-refractivity contribution in [3.05, 3.63) is 76.9 Å². The standard InChI is InChI=1S/C26H30FN3O2/c27-19-7-9-21(10-8-19)30-26-6-2-5-24(26)25(28-30)17-29(20-11-13-22(31)14-12-20)16-18-3-1-4-23(32)15-18/h1,3-4,7-10,15,20,22,31-32H,2,5-6,11-14,16-17H2. The summed E-state index contributed by atoms with van der Waals surface area (Å²) in [5.74, 6) is 0.0394. The third-order valence-corrected chi connectivity index (χ3v) is 6.92. The second-order valence-electron chi connectivity index (χ2n) is 9.15. The number of benzene rings is 2. The molecule has 32 heavy (non-hydrogen) atoms. The molecule has 5 nitrogen and oxygen atoms in total. The lowest BCUT2D eigenvalue weighted by molar-refractivity contribution is 0.0658. The fraction of sp³-hybridized carbons (Fsp3) is 0.423. The number of nitrogens with zero attached hydrogens (tertiary/aromatic N) is 3. The van der Waals surface area contributed by atoms with Crippen molar-refractivity contribution in [3.8, 4) is 11.4 Å². The van der Waals surface area contributed by atoms with E-state index in [1.165, 1.54) is 23.4 Å². The maximum Gasteiger partial charge on any atom is 0.123 e. The number of aromatic hydroxyl groups is 1. The number of hydrogen-bond acceptors (Lipinski definition) is 4. The Labute approximate surface area is 188 Å². The average molecular weight is 436 g/mol. The Balaban J connectivity index is 1.45. The van der Waals surface area contributed by atoms with Gasteiger partial charge in [-0.05, 0) is 92.5 Å². The molecular weight excluding hydrogens is 405 g/mol. The minimum absolute atomic E-state index is 0.198. The van der Waals surface area contributed by atoms with Gasteiger partial charge in [0.1, 0.15) is 11.6 Å². The molecule has 0 saturated heterocycles. The van der Waals surface area contributed by atoms with E-state index in [9.17, 15) is 14.6 Å². The molecule has 5 rings (SSSR count). The molecular formula is C26H30FN3O2. The Bertz CT molecular complexity index is 1070. The van der Waals surface area contributed by atoms with Gasteiger partial charge in [-0.1, -0.05) is 12.1 Å². The lowest BCUT2D eigenvalue weighted by Crippen LogP contribution is -2.38. The molecule has 0 amide bonds. The molecule has 0 aliphatic heterocycles. The quantitative estimate of drug-likeness (QED) is 0.598. The predicted molar refractivity (Wildman–Crippen MR) is 121 cm³/mol. The summed E-state index contributed by atoms with van der Waals surface area (Å²) in [4.78, 5) is 2.45. The number of phenols is 1. The van der Waals surface area contributed by atoms with Crippen LogP contribution in [0.5, 0.6) is 5.75 Å². The highest BCUT2D eigenvalue weighted by molar-refractivity contribution is 5.40. The maximum absolute atomic E-state index is 13.5. The number of fused-ring (bicyclic) bond motifs is 1. The Morgan fingerprint density at radius 3 is 2.53 bits per heavy atom. The van der Waals surface area contributed by atoms with Gasteiger partial charge in [-0.25, -0.2) is 9.07 Å². The van der Waals surface area contributed by atoms with Gasteiger partial charge >= 0.3 is 0 Å². The van der Waals surface area contributed by atoms with E-state index in [-0.39, 0.29) is 17.7 Å². The molecule has 1 heterocycles. The van der Waals surface area contributed by atoms with Crippen LogP contribution in [0.3, 0.4) is 0 Å². The molecule has 1 fully saturated rings. The first kappa shape index (κ1) is 21.2. The number of aliphatic hydroxyl groups is 1. The number of halogens is 1. The fourth-order valence-corrected chi connectivity index (χ4v) is 5.26. The fourth-order valence-electron chi connectivity index (χ4n) is 5.26. The van der Waals surface area contributed by atoms with Crippen LogP contribution >= 0.6 is 0 Å². The first-order chi connectivity index (χ1) is 15.6. The van der Waals surface area contributed by atoms with Crippen molar-refractivity contribution in [1.82, 2.24) is 14.7 Å². The normalized spacial score (nSPS) is 20.6. The zero-order valence-corrected chi connectivity index (χ0v) is 18.3. The molecule has 0 spiro atoms. The van der Waals surface area contributed by atoms with Gasteiger partial charge in [0.15, 0.2) is 0 Å². The topological polar surface area (TPSA) is 61.5 Å². The van der Waals surface area contributed by atoms with Crippen LogP contribution in [0.1, 0.15) is 54.6 Å². The number of aliphatic hydroxyl groups excluding tert-OH is 1. The van der Waals surface area contributed by atoms with Crippen LogP contribution in [0.15, 0.2) is 48.5 Å². The lowest BCUT2D eigenvalue weighted by atomic mass is 9.91. The largest absolute Gasteiger partial charge is 0.508 e. The van der Waals surface area contributed by atoms with Gasteiger partial charge in [-0.3, -0.25) is 4.90 Å². The summed E-state index contributed by atoms with van der Waals surface area (Å²) in [5, 5.41) is 24.9. The minimum atomic E-state index is -0.241. The summed E-state index contributed by atoms with van der Waals surface area (Å²) in [5.41, 5.74) is 5.63. The Morgan fingerprint density at radius 2 is 1.78 bits per heavy atom.